The second-order valence-electron chi connectivity index (χ2n) is 8.04. The number of amides is 1. The Morgan fingerprint density at radius 3 is 2.41 bits per heavy atom. The molecule has 1 atom stereocenters. The van der Waals surface area contributed by atoms with Crippen molar-refractivity contribution in [1.29, 1.82) is 0 Å². The number of aromatic amines is 1. The molecule has 2 aromatic carbocycles. The molecule has 0 unspecified atom stereocenters. The van der Waals surface area contributed by atoms with Crippen LogP contribution < -0.4 is 10.2 Å². The summed E-state index contributed by atoms with van der Waals surface area (Å²) in [5, 5.41) is 4.01. The first-order valence-electron chi connectivity index (χ1n) is 10.4. The van der Waals surface area contributed by atoms with Gasteiger partial charge in [0.25, 0.3) is 0 Å². The number of aryl methyl sites for hydroxylation is 1. The van der Waals surface area contributed by atoms with E-state index < -0.39 is 0 Å². The first-order chi connectivity index (χ1) is 14.0. The van der Waals surface area contributed by atoms with E-state index in [-0.39, 0.29) is 23.7 Å². The van der Waals surface area contributed by atoms with Crippen LogP contribution in [0.3, 0.4) is 0 Å². The van der Waals surface area contributed by atoms with E-state index in [0.717, 1.165) is 53.8 Å². The minimum atomic E-state index is -0.119. The highest BCUT2D eigenvalue weighted by Crippen LogP contribution is 2.23. The first-order valence-corrected chi connectivity index (χ1v) is 10.4. The van der Waals surface area contributed by atoms with Crippen molar-refractivity contribution in [3.05, 3.63) is 65.9 Å². The van der Waals surface area contributed by atoms with Gasteiger partial charge in [-0.05, 0) is 32.0 Å². The molecule has 3 N–H and O–H groups in total. The van der Waals surface area contributed by atoms with Gasteiger partial charge in [-0.25, -0.2) is 0 Å². The van der Waals surface area contributed by atoms with Gasteiger partial charge in [0.15, 0.2) is 0 Å². The number of benzene rings is 2. The zero-order valence-corrected chi connectivity index (χ0v) is 17.0. The van der Waals surface area contributed by atoms with E-state index in [1.54, 1.807) is 0 Å². The van der Waals surface area contributed by atoms with Gasteiger partial charge in [0.2, 0.25) is 11.7 Å². The second kappa shape index (κ2) is 8.21. The molecule has 5 heteroatoms. The Balaban J connectivity index is 1.39. The number of likely N-dealkylation sites (tertiary alicyclic amines) is 1. The lowest BCUT2D eigenvalue weighted by atomic mass is 9.93. The average molecular weight is 391 g/mol. The number of anilines is 1. The van der Waals surface area contributed by atoms with Crippen LogP contribution in [0.5, 0.6) is 0 Å². The Labute approximate surface area is 171 Å². The molecule has 4 rings (SSSR count). The van der Waals surface area contributed by atoms with Gasteiger partial charge >= 0.3 is 0 Å². The van der Waals surface area contributed by atoms with Gasteiger partial charge < -0.3 is 15.2 Å². The molecule has 1 aliphatic heterocycles. The van der Waals surface area contributed by atoms with Crippen molar-refractivity contribution >= 4 is 28.3 Å². The third-order valence-electron chi connectivity index (χ3n) is 6.19. The Bertz CT molecular complexity index is 1020. The summed E-state index contributed by atoms with van der Waals surface area (Å²) >= 11 is 0. The molecule has 1 amide bonds. The molecule has 3 aromatic rings. The summed E-state index contributed by atoms with van der Waals surface area (Å²) in [5.74, 6) is 0.278. The lowest BCUT2D eigenvalue weighted by Crippen LogP contribution is -3.17. The van der Waals surface area contributed by atoms with E-state index in [0.29, 0.717) is 0 Å². The predicted octanol–water partition coefficient (Wildman–Crippen LogP) is 2.98. The summed E-state index contributed by atoms with van der Waals surface area (Å²) in [6.07, 6.45) is 1.61. The third kappa shape index (κ3) is 3.96. The van der Waals surface area contributed by atoms with Gasteiger partial charge in [-0.2, -0.15) is 0 Å². The normalized spacial score (nSPS) is 20.3. The van der Waals surface area contributed by atoms with Crippen molar-refractivity contribution in [2.45, 2.75) is 32.7 Å². The molecule has 0 radical (unpaired) electrons. The molecule has 2 heterocycles. The first kappa shape index (κ1) is 19.4. The number of hydrogen-bond donors (Lipinski definition) is 3. The maximum absolute atomic E-state index is 13.3. The fourth-order valence-corrected chi connectivity index (χ4v) is 4.45. The number of Topliss-reactive ketones (excluding diaryl/α,β-unsaturated/α-hetero) is 1. The molecular formula is C24H28N3O2+. The molecular weight excluding hydrogens is 362 g/mol. The van der Waals surface area contributed by atoms with Gasteiger partial charge in [0, 0.05) is 41.0 Å². The van der Waals surface area contributed by atoms with Crippen LogP contribution in [-0.2, 0) is 4.79 Å². The molecule has 29 heavy (non-hydrogen) atoms. The highest BCUT2D eigenvalue weighted by atomic mass is 16.2. The number of fused-ring (bicyclic) bond motifs is 1. The highest BCUT2D eigenvalue weighted by Gasteiger charge is 2.34. The fraction of sp³-hybridized carbons (Fsp3) is 0.333. The molecule has 1 aromatic heterocycles. The largest absolute Gasteiger partial charge is 0.358 e. The maximum Gasteiger partial charge on any atom is 0.227 e. The predicted molar refractivity (Wildman–Crippen MR) is 115 cm³/mol. The van der Waals surface area contributed by atoms with Gasteiger partial charge in [-0.3, -0.25) is 9.59 Å². The number of quaternary nitrogens is 1. The van der Waals surface area contributed by atoms with Crippen molar-refractivity contribution in [3.63, 3.8) is 0 Å². The Hall–Kier alpha value is -2.92. The van der Waals surface area contributed by atoms with E-state index >= 15 is 0 Å². The van der Waals surface area contributed by atoms with Gasteiger partial charge in [0.1, 0.15) is 6.04 Å². The number of rotatable bonds is 5. The van der Waals surface area contributed by atoms with Crippen LogP contribution in [-0.4, -0.2) is 35.8 Å². The van der Waals surface area contributed by atoms with Crippen LogP contribution in [0, 0.1) is 12.8 Å². The van der Waals surface area contributed by atoms with Crippen LogP contribution in [0.25, 0.3) is 10.9 Å². The van der Waals surface area contributed by atoms with E-state index in [1.165, 1.54) is 4.90 Å². The van der Waals surface area contributed by atoms with Gasteiger partial charge in [0.05, 0.1) is 18.7 Å². The third-order valence-corrected chi connectivity index (χ3v) is 6.19. The number of H-pyrrole nitrogens is 1. The number of aromatic nitrogens is 1. The van der Waals surface area contributed by atoms with Crippen molar-refractivity contribution in [2.75, 3.05) is 18.4 Å². The number of carbonyl (C=O) groups excluding carboxylic acids is 2. The fourth-order valence-electron chi connectivity index (χ4n) is 4.45. The Kier molecular flexibility index (Phi) is 5.49. The Morgan fingerprint density at radius 2 is 1.69 bits per heavy atom. The standard InChI is InChI=1S/C24H27N3O2/c1-16-22(20-10-6-7-11-21(20)25-16)23(28)17(2)27-14-12-18(13-15-27)24(29)26-19-8-4-3-5-9-19/h3-11,17-18,25H,12-15H2,1-2H3,(H,26,29)/p+1/t17-/m1/s1. The zero-order chi connectivity index (χ0) is 20.4. The smallest absolute Gasteiger partial charge is 0.227 e. The number of piperidine rings is 1. The lowest BCUT2D eigenvalue weighted by Gasteiger charge is -2.32. The SMILES string of the molecule is Cc1[nH]c2ccccc2c1C(=O)[C@@H](C)[NH+]1CCC(C(=O)Nc2ccccc2)CC1. The topological polar surface area (TPSA) is 66.4 Å². The summed E-state index contributed by atoms with van der Waals surface area (Å²) < 4.78 is 0. The van der Waals surface area contributed by atoms with Crippen LogP contribution in [0.2, 0.25) is 0 Å². The minimum Gasteiger partial charge on any atom is -0.358 e. The molecule has 0 spiro atoms. The summed E-state index contributed by atoms with van der Waals surface area (Å²) in [5.41, 5.74) is 3.58. The molecule has 0 aliphatic carbocycles. The number of carbonyl (C=O) groups is 2. The summed E-state index contributed by atoms with van der Waals surface area (Å²) in [6, 6.07) is 17.4. The highest BCUT2D eigenvalue weighted by molar-refractivity contribution is 6.10. The quantitative estimate of drug-likeness (QED) is 0.587. The number of para-hydroxylation sites is 2. The van der Waals surface area contributed by atoms with E-state index in [2.05, 4.69) is 10.3 Å². The van der Waals surface area contributed by atoms with Gasteiger partial charge in [-0.15, -0.1) is 0 Å². The molecule has 150 valence electrons. The number of hydrogen-bond acceptors (Lipinski definition) is 2. The molecule has 5 nitrogen and oxygen atoms in total. The van der Waals surface area contributed by atoms with Gasteiger partial charge in [-0.1, -0.05) is 36.4 Å². The number of ketones is 1. The average Bonchev–Trinajstić information content (AvgIpc) is 3.09. The summed E-state index contributed by atoms with van der Waals surface area (Å²) in [4.78, 5) is 30.4. The lowest BCUT2D eigenvalue weighted by molar-refractivity contribution is -0.919. The van der Waals surface area contributed by atoms with E-state index in [1.807, 2.05) is 68.4 Å². The van der Waals surface area contributed by atoms with E-state index in [4.69, 9.17) is 0 Å². The summed E-state index contributed by atoms with van der Waals surface area (Å²) in [6.45, 7) is 5.65. The second-order valence-corrected chi connectivity index (χ2v) is 8.04. The van der Waals surface area contributed by atoms with Crippen molar-refractivity contribution in [2.24, 2.45) is 5.92 Å². The molecule has 1 fully saturated rings. The van der Waals surface area contributed by atoms with Crippen LogP contribution in [0.1, 0.15) is 35.8 Å². The van der Waals surface area contributed by atoms with Crippen LogP contribution in [0.15, 0.2) is 54.6 Å². The van der Waals surface area contributed by atoms with Crippen LogP contribution >= 0.6 is 0 Å². The van der Waals surface area contributed by atoms with Crippen molar-refractivity contribution in [3.8, 4) is 0 Å². The molecule has 1 aliphatic rings. The zero-order valence-electron chi connectivity index (χ0n) is 17.0. The number of nitrogens with one attached hydrogen (secondary N) is 3. The monoisotopic (exact) mass is 390 g/mol. The maximum atomic E-state index is 13.3. The van der Waals surface area contributed by atoms with Crippen LogP contribution in [0.4, 0.5) is 5.69 Å². The molecule has 0 saturated carbocycles. The molecule has 1 saturated heterocycles. The van der Waals surface area contributed by atoms with Crippen molar-refractivity contribution < 1.29 is 14.5 Å². The van der Waals surface area contributed by atoms with Crippen molar-refractivity contribution in [1.82, 2.24) is 4.98 Å². The summed E-state index contributed by atoms with van der Waals surface area (Å²) in [7, 11) is 0. The molecule has 0 bridgehead atoms. The Morgan fingerprint density at radius 1 is 1.03 bits per heavy atom. The van der Waals surface area contributed by atoms with E-state index in [9.17, 15) is 9.59 Å². The minimum absolute atomic E-state index is 0.0103.